The van der Waals surface area contributed by atoms with Gasteiger partial charge >= 0.3 is 0 Å². The van der Waals surface area contributed by atoms with E-state index in [9.17, 15) is 0 Å². The first kappa shape index (κ1) is 14.5. The van der Waals surface area contributed by atoms with Crippen LogP contribution in [0.5, 0.6) is 0 Å². The molecule has 1 atom stereocenters. The molecule has 0 amide bonds. The predicted molar refractivity (Wildman–Crippen MR) is 77.3 cm³/mol. The quantitative estimate of drug-likeness (QED) is 0.817. The highest BCUT2D eigenvalue weighted by molar-refractivity contribution is 5.73. The van der Waals surface area contributed by atoms with E-state index >= 15 is 0 Å². The zero-order valence-electron chi connectivity index (χ0n) is 12.2. The zero-order valence-corrected chi connectivity index (χ0v) is 12.2. The summed E-state index contributed by atoms with van der Waals surface area (Å²) >= 11 is 0. The number of hydrogen-bond acceptors (Lipinski definition) is 5. The van der Waals surface area contributed by atoms with Gasteiger partial charge in [-0.2, -0.15) is 0 Å². The van der Waals surface area contributed by atoms with Gasteiger partial charge < -0.3 is 19.4 Å². The highest BCUT2D eigenvalue weighted by Crippen LogP contribution is 2.26. The van der Waals surface area contributed by atoms with E-state index in [1.807, 2.05) is 42.8 Å². The number of methoxy groups -OCH3 is 2. The van der Waals surface area contributed by atoms with Gasteiger partial charge in [-0.05, 0) is 19.1 Å². The number of benzene rings is 1. The highest BCUT2D eigenvalue weighted by Gasteiger charge is 2.18. The summed E-state index contributed by atoms with van der Waals surface area (Å²) in [6, 6.07) is 7.96. The van der Waals surface area contributed by atoms with Crippen LogP contribution in [0.25, 0.3) is 11.4 Å². The Morgan fingerprint density at radius 1 is 1.20 bits per heavy atom. The standard InChI is InChI=1S/C14H20N4O2/c1-10(14(19-3)20-4)16-12-8-6-5-7-11(12)13-17-15-9-18(13)2/h5-10,14,16H,1-4H3. The fourth-order valence-electron chi connectivity index (χ4n) is 2.15. The molecule has 0 aliphatic rings. The van der Waals surface area contributed by atoms with E-state index in [0.29, 0.717) is 0 Å². The normalized spacial score (nSPS) is 12.7. The molecule has 2 rings (SSSR count). The molecular weight excluding hydrogens is 256 g/mol. The topological polar surface area (TPSA) is 61.2 Å². The molecule has 0 radical (unpaired) electrons. The van der Waals surface area contributed by atoms with E-state index in [2.05, 4.69) is 15.5 Å². The summed E-state index contributed by atoms with van der Waals surface area (Å²) < 4.78 is 12.4. The Kier molecular flexibility index (Phi) is 4.70. The fourth-order valence-corrected chi connectivity index (χ4v) is 2.15. The average Bonchev–Trinajstić information content (AvgIpc) is 2.87. The molecular formula is C14H20N4O2. The van der Waals surface area contributed by atoms with Crippen molar-refractivity contribution in [2.75, 3.05) is 19.5 Å². The van der Waals surface area contributed by atoms with Crippen molar-refractivity contribution < 1.29 is 9.47 Å². The maximum atomic E-state index is 5.27. The lowest BCUT2D eigenvalue weighted by molar-refractivity contribution is -0.109. The molecule has 0 saturated carbocycles. The summed E-state index contributed by atoms with van der Waals surface area (Å²) in [5.41, 5.74) is 1.96. The molecule has 108 valence electrons. The Morgan fingerprint density at radius 3 is 2.50 bits per heavy atom. The van der Waals surface area contributed by atoms with Crippen molar-refractivity contribution in [1.29, 1.82) is 0 Å². The smallest absolute Gasteiger partial charge is 0.176 e. The first-order valence-electron chi connectivity index (χ1n) is 6.43. The molecule has 0 fully saturated rings. The Hall–Kier alpha value is -1.92. The number of hydrogen-bond donors (Lipinski definition) is 1. The molecule has 6 nitrogen and oxygen atoms in total. The van der Waals surface area contributed by atoms with Crippen molar-refractivity contribution in [2.24, 2.45) is 7.05 Å². The van der Waals surface area contributed by atoms with Crippen LogP contribution in [-0.4, -0.2) is 41.3 Å². The van der Waals surface area contributed by atoms with Crippen LogP contribution >= 0.6 is 0 Å². The molecule has 6 heteroatoms. The van der Waals surface area contributed by atoms with Gasteiger partial charge in [0.15, 0.2) is 12.1 Å². The molecule has 0 aliphatic heterocycles. The summed E-state index contributed by atoms with van der Waals surface area (Å²) in [7, 11) is 5.17. The molecule has 0 aliphatic carbocycles. The molecule has 1 heterocycles. The van der Waals surface area contributed by atoms with E-state index in [-0.39, 0.29) is 12.3 Å². The number of ether oxygens (including phenoxy) is 2. The second-order valence-electron chi connectivity index (χ2n) is 4.58. The van der Waals surface area contributed by atoms with Gasteiger partial charge in [0.05, 0.1) is 6.04 Å². The van der Waals surface area contributed by atoms with Crippen LogP contribution in [0.15, 0.2) is 30.6 Å². The van der Waals surface area contributed by atoms with E-state index in [1.54, 1.807) is 20.5 Å². The van der Waals surface area contributed by atoms with E-state index in [1.165, 1.54) is 0 Å². The SMILES string of the molecule is COC(OC)C(C)Nc1ccccc1-c1nncn1C. The Balaban J connectivity index is 2.27. The van der Waals surface area contributed by atoms with Gasteiger partial charge in [-0.25, -0.2) is 0 Å². The minimum atomic E-state index is -0.317. The van der Waals surface area contributed by atoms with Crippen LogP contribution in [0.2, 0.25) is 0 Å². The lowest BCUT2D eigenvalue weighted by atomic mass is 10.1. The van der Waals surface area contributed by atoms with Gasteiger partial charge in [-0.1, -0.05) is 12.1 Å². The van der Waals surface area contributed by atoms with Crippen molar-refractivity contribution >= 4 is 5.69 Å². The van der Waals surface area contributed by atoms with Crippen LogP contribution in [0.3, 0.4) is 0 Å². The number of aromatic nitrogens is 3. The molecule has 1 N–H and O–H groups in total. The second-order valence-corrected chi connectivity index (χ2v) is 4.58. The van der Waals surface area contributed by atoms with Crippen LogP contribution in [0.1, 0.15) is 6.92 Å². The fraction of sp³-hybridized carbons (Fsp3) is 0.429. The molecule has 2 aromatic rings. The monoisotopic (exact) mass is 276 g/mol. The molecule has 0 spiro atoms. The van der Waals surface area contributed by atoms with Crippen molar-refractivity contribution in [3.63, 3.8) is 0 Å². The van der Waals surface area contributed by atoms with Crippen molar-refractivity contribution in [2.45, 2.75) is 19.3 Å². The van der Waals surface area contributed by atoms with Gasteiger partial charge in [0, 0.05) is 32.5 Å². The minimum Gasteiger partial charge on any atom is -0.377 e. The maximum absolute atomic E-state index is 5.27. The first-order chi connectivity index (χ1) is 9.67. The van der Waals surface area contributed by atoms with Crippen LogP contribution in [-0.2, 0) is 16.5 Å². The number of nitrogens with zero attached hydrogens (tertiary/aromatic N) is 3. The van der Waals surface area contributed by atoms with Crippen LogP contribution in [0.4, 0.5) is 5.69 Å². The van der Waals surface area contributed by atoms with E-state index < -0.39 is 0 Å². The van der Waals surface area contributed by atoms with Gasteiger partial charge in [0.2, 0.25) is 0 Å². The Bertz CT molecular complexity index is 552. The number of aryl methyl sites for hydroxylation is 1. The minimum absolute atomic E-state index is 0.000576. The number of nitrogens with one attached hydrogen (secondary N) is 1. The Morgan fingerprint density at radius 2 is 1.90 bits per heavy atom. The van der Waals surface area contributed by atoms with Crippen molar-refractivity contribution in [3.8, 4) is 11.4 Å². The van der Waals surface area contributed by atoms with Gasteiger partial charge in [0.1, 0.15) is 6.33 Å². The van der Waals surface area contributed by atoms with Gasteiger partial charge in [-0.3, -0.25) is 0 Å². The number of anilines is 1. The summed E-state index contributed by atoms with van der Waals surface area (Å²) in [4.78, 5) is 0. The largest absolute Gasteiger partial charge is 0.377 e. The summed E-state index contributed by atoms with van der Waals surface area (Å²) in [6.07, 6.45) is 1.37. The third kappa shape index (κ3) is 2.97. The summed E-state index contributed by atoms with van der Waals surface area (Å²) in [6.45, 7) is 2.01. The van der Waals surface area contributed by atoms with Gasteiger partial charge in [0.25, 0.3) is 0 Å². The Labute approximate surface area is 118 Å². The third-order valence-electron chi connectivity index (χ3n) is 3.14. The predicted octanol–water partition coefficient (Wildman–Crippen LogP) is 1.90. The van der Waals surface area contributed by atoms with E-state index in [4.69, 9.17) is 9.47 Å². The second kappa shape index (κ2) is 6.49. The first-order valence-corrected chi connectivity index (χ1v) is 6.43. The van der Waals surface area contributed by atoms with Gasteiger partial charge in [-0.15, -0.1) is 10.2 Å². The summed E-state index contributed by atoms with van der Waals surface area (Å²) in [5.74, 6) is 0.812. The average molecular weight is 276 g/mol. The molecule has 1 aromatic heterocycles. The highest BCUT2D eigenvalue weighted by atomic mass is 16.7. The molecule has 0 bridgehead atoms. The molecule has 20 heavy (non-hydrogen) atoms. The van der Waals surface area contributed by atoms with E-state index in [0.717, 1.165) is 17.1 Å². The molecule has 0 saturated heterocycles. The number of para-hydroxylation sites is 1. The zero-order chi connectivity index (χ0) is 14.5. The van der Waals surface area contributed by atoms with Crippen molar-refractivity contribution in [1.82, 2.24) is 14.8 Å². The molecule has 1 aromatic carbocycles. The summed E-state index contributed by atoms with van der Waals surface area (Å²) in [5, 5.41) is 11.5. The lowest BCUT2D eigenvalue weighted by Crippen LogP contribution is -2.33. The van der Waals surface area contributed by atoms with Crippen LogP contribution < -0.4 is 5.32 Å². The van der Waals surface area contributed by atoms with Crippen molar-refractivity contribution in [3.05, 3.63) is 30.6 Å². The molecule has 1 unspecified atom stereocenters. The third-order valence-corrected chi connectivity index (χ3v) is 3.14. The maximum Gasteiger partial charge on any atom is 0.176 e. The van der Waals surface area contributed by atoms with Crippen LogP contribution in [0, 0.1) is 0 Å². The number of rotatable bonds is 6. The lowest BCUT2D eigenvalue weighted by Gasteiger charge is -2.24.